The van der Waals surface area contributed by atoms with Crippen molar-refractivity contribution in [2.45, 2.75) is 13.1 Å². The van der Waals surface area contributed by atoms with E-state index in [4.69, 9.17) is 4.74 Å². The van der Waals surface area contributed by atoms with E-state index in [-0.39, 0.29) is 16.9 Å². The Morgan fingerprint density at radius 1 is 1.20 bits per heavy atom. The van der Waals surface area contributed by atoms with Crippen LogP contribution in [0.5, 0.6) is 5.75 Å². The van der Waals surface area contributed by atoms with Crippen LogP contribution in [-0.2, 0) is 6.18 Å². The quantitative estimate of drug-likeness (QED) is 0.922. The number of hydrogen-bond donors (Lipinski definition) is 1. The van der Waals surface area contributed by atoms with E-state index in [1.54, 1.807) is 6.92 Å². The average Bonchev–Trinajstić information content (AvgIpc) is 2.40. The van der Waals surface area contributed by atoms with Crippen LogP contribution in [0.2, 0.25) is 0 Å². The predicted octanol–water partition coefficient (Wildman–Crippen LogP) is 2.77. The molecule has 0 aliphatic carbocycles. The van der Waals surface area contributed by atoms with E-state index in [9.17, 15) is 18.0 Å². The molecule has 0 saturated carbocycles. The van der Waals surface area contributed by atoms with Gasteiger partial charge in [-0.1, -0.05) is 0 Å². The summed E-state index contributed by atoms with van der Waals surface area (Å²) in [5.74, 6) is 0.0312. The summed E-state index contributed by atoms with van der Waals surface area (Å²) in [7, 11) is 1.27. The van der Waals surface area contributed by atoms with Crippen molar-refractivity contribution in [3.05, 3.63) is 45.9 Å². The van der Waals surface area contributed by atoms with Gasteiger partial charge in [-0.15, -0.1) is 0 Å². The minimum atomic E-state index is -4.52. The standard InChI is InChI=1S/C13H11F3N2O2/c1-7-3-11(12(19)18-17-7)8-4-9(13(14,15)16)6-10(5-8)20-2/h3-6H,1-2H3,(H,18,19). The zero-order valence-electron chi connectivity index (χ0n) is 10.7. The lowest BCUT2D eigenvalue weighted by atomic mass is 10.0. The van der Waals surface area contributed by atoms with Gasteiger partial charge in [0.25, 0.3) is 5.56 Å². The summed E-state index contributed by atoms with van der Waals surface area (Å²) in [5, 5.41) is 5.92. The second-order valence-corrected chi connectivity index (χ2v) is 4.20. The van der Waals surface area contributed by atoms with Crippen LogP contribution in [-0.4, -0.2) is 17.3 Å². The molecule has 0 radical (unpaired) electrons. The summed E-state index contributed by atoms with van der Waals surface area (Å²) in [6, 6.07) is 4.59. The first-order valence-electron chi connectivity index (χ1n) is 5.64. The molecule has 0 aliphatic rings. The van der Waals surface area contributed by atoms with Crippen molar-refractivity contribution in [1.29, 1.82) is 0 Å². The third-order valence-electron chi connectivity index (χ3n) is 2.71. The lowest BCUT2D eigenvalue weighted by molar-refractivity contribution is -0.137. The summed E-state index contributed by atoms with van der Waals surface area (Å²) < 4.78 is 43.3. The van der Waals surface area contributed by atoms with E-state index in [1.807, 2.05) is 0 Å². The van der Waals surface area contributed by atoms with E-state index in [2.05, 4.69) is 10.2 Å². The molecule has 1 heterocycles. The van der Waals surface area contributed by atoms with Crippen molar-refractivity contribution in [2.24, 2.45) is 0 Å². The highest BCUT2D eigenvalue weighted by molar-refractivity contribution is 5.65. The first-order chi connectivity index (χ1) is 9.31. The van der Waals surface area contributed by atoms with Gasteiger partial charge in [0.05, 0.1) is 23.9 Å². The van der Waals surface area contributed by atoms with E-state index in [0.29, 0.717) is 5.69 Å². The van der Waals surface area contributed by atoms with Crippen LogP contribution in [0.4, 0.5) is 13.2 Å². The van der Waals surface area contributed by atoms with E-state index in [1.165, 1.54) is 19.2 Å². The topological polar surface area (TPSA) is 55.0 Å². The van der Waals surface area contributed by atoms with Gasteiger partial charge in [-0.05, 0) is 36.8 Å². The number of methoxy groups -OCH3 is 1. The minimum absolute atomic E-state index is 0.0312. The van der Waals surface area contributed by atoms with Gasteiger partial charge in [0.15, 0.2) is 0 Å². The Bertz CT molecular complexity index is 693. The first-order valence-corrected chi connectivity index (χ1v) is 5.64. The number of aryl methyl sites for hydroxylation is 1. The highest BCUT2D eigenvalue weighted by atomic mass is 19.4. The Kier molecular flexibility index (Phi) is 3.52. The Morgan fingerprint density at radius 2 is 1.90 bits per heavy atom. The summed E-state index contributed by atoms with van der Waals surface area (Å²) in [6.45, 7) is 1.63. The third-order valence-corrected chi connectivity index (χ3v) is 2.71. The Balaban J connectivity index is 2.68. The van der Waals surface area contributed by atoms with Gasteiger partial charge in [0.2, 0.25) is 0 Å². The number of halogens is 3. The highest BCUT2D eigenvalue weighted by Crippen LogP contribution is 2.34. The normalized spacial score (nSPS) is 11.4. The highest BCUT2D eigenvalue weighted by Gasteiger charge is 2.31. The average molecular weight is 284 g/mol. The fraction of sp³-hybridized carbons (Fsp3) is 0.231. The number of rotatable bonds is 2. The Hall–Kier alpha value is -2.31. The number of nitrogens with zero attached hydrogens (tertiary/aromatic N) is 1. The number of benzene rings is 1. The molecule has 2 aromatic rings. The van der Waals surface area contributed by atoms with E-state index >= 15 is 0 Å². The molecular formula is C13H11F3N2O2. The van der Waals surface area contributed by atoms with E-state index < -0.39 is 17.3 Å². The smallest absolute Gasteiger partial charge is 0.416 e. The monoisotopic (exact) mass is 284 g/mol. The van der Waals surface area contributed by atoms with Crippen molar-refractivity contribution < 1.29 is 17.9 Å². The third kappa shape index (κ3) is 2.81. The first kappa shape index (κ1) is 14.1. The number of aromatic amines is 1. The van der Waals surface area contributed by atoms with Crippen molar-refractivity contribution in [1.82, 2.24) is 10.2 Å². The molecule has 1 aromatic carbocycles. The molecule has 0 fully saturated rings. The molecule has 0 aliphatic heterocycles. The van der Waals surface area contributed by atoms with Crippen molar-refractivity contribution in [3.63, 3.8) is 0 Å². The molecule has 1 aromatic heterocycles. The summed E-state index contributed by atoms with van der Waals surface area (Å²) >= 11 is 0. The van der Waals surface area contributed by atoms with Crippen LogP contribution in [0, 0.1) is 6.92 Å². The molecule has 0 unspecified atom stereocenters. The van der Waals surface area contributed by atoms with Gasteiger partial charge in [-0.25, -0.2) is 5.10 Å². The van der Waals surface area contributed by atoms with Gasteiger partial charge in [-0.2, -0.15) is 18.3 Å². The molecule has 0 atom stereocenters. The molecule has 1 N–H and O–H groups in total. The van der Waals surface area contributed by atoms with Gasteiger partial charge in [0, 0.05) is 0 Å². The molecule has 20 heavy (non-hydrogen) atoms. The minimum Gasteiger partial charge on any atom is -0.497 e. The molecule has 0 spiro atoms. The van der Waals surface area contributed by atoms with Gasteiger partial charge in [0.1, 0.15) is 5.75 Å². The maximum atomic E-state index is 12.8. The van der Waals surface area contributed by atoms with Crippen LogP contribution in [0.1, 0.15) is 11.3 Å². The number of nitrogens with one attached hydrogen (secondary N) is 1. The number of alkyl halides is 3. The summed E-state index contributed by atoms with van der Waals surface area (Å²) in [5.41, 5.74) is -0.695. The van der Waals surface area contributed by atoms with Crippen LogP contribution in [0.15, 0.2) is 29.1 Å². The molecular weight excluding hydrogens is 273 g/mol. The predicted molar refractivity (Wildman–Crippen MR) is 66.6 cm³/mol. The fourth-order valence-electron chi connectivity index (χ4n) is 1.76. The number of hydrogen-bond acceptors (Lipinski definition) is 3. The fourth-order valence-corrected chi connectivity index (χ4v) is 1.76. The molecule has 7 heteroatoms. The van der Waals surface area contributed by atoms with Crippen LogP contribution in [0.25, 0.3) is 11.1 Å². The maximum absolute atomic E-state index is 12.8. The van der Waals surface area contributed by atoms with Gasteiger partial charge < -0.3 is 4.74 Å². The molecule has 0 saturated heterocycles. The van der Waals surface area contributed by atoms with E-state index in [0.717, 1.165) is 12.1 Å². The Labute approximate surface area is 112 Å². The van der Waals surface area contributed by atoms with Crippen molar-refractivity contribution >= 4 is 0 Å². The van der Waals surface area contributed by atoms with Crippen LogP contribution in [0.3, 0.4) is 0 Å². The second kappa shape index (κ2) is 4.99. The van der Waals surface area contributed by atoms with Gasteiger partial charge in [-0.3, -0.25) is 4.79 Å². The van der Waals surface area contributed by atoms with Crippen molar-refractivity contribution in [3.8, 4) is 16.9 Å². The number of aromatic nitrogens is 2. The van der Waals surface area contributed by atoms with Crippen molar-refractivity contribution in [2.75, 3.05) is 7.11 Å². The molecule has 0 amide bonds. The lowest BCUT2D eigenvalue weighted by Crippen LogP contribution is -2.12. The lowest BCUT2D eigenvalue weighted by Gasteiger charge is -2.11. The number of ether oxygens (including phenoxy) is 1. The summed E-state index contributed by atoms with van der Waals surface area (Å²) in [6.07, 6.45) is -4.52. The summed E-state index contributed by atoms with van der Waals surface area (Å²) in [4.78, 5) is 11.7. The largest absolute Gasteiger partial charge is 0.497 e. The Morgan fingerprint density at radius 3 is 2.50 bits per heavy atom. The zero-order chi connectivity index (χ0) is 14.9. The zero-order valence-corrected chi connectivity index (χ0v) is 10.7. The van der Waals surface area contributed by atoms with Crippen LogP contribution >= 0.6 is 0 Å². The van der Waals surface area contributed by atoms with Gasteiger partial charge >= 0.3 is 6.18 Å². The number of H-pyrrole nitrogens is 1. The molecule has 0 bridgehead atoms. The maximum Gasteiger partial charge on any atom is 0.416 e. The molecule has 2 rings (SSSR count). The van der Waals surface area contributed by atoms with Crippen LogP contribution < -0.4 is 10.3 Å². The second-order valence-electron chi connectivity index (χ2n) is 4.20. The molecule has 4 nitrogen and oxygen atoms in total. The molecule has 106 valence electrons. The SMILES string of the molecule is COc1cc(-c2cc(C)n[nH]c2=O)cc(C(F)(F)F)c1.